The van der Waals surface area contributed by atoms with Gasteiger partial charge in [-0.05, 0) is 12.1 Å². The normalized spacial score (nSPS) is 10.2. The van der Waals surface area contributed by atoms with Gasteiger partial charge in [-0.3, -0.25) is 0 Å². The van der Waals surface area contributed by atoms with Crippen molar-refractivity contribution in [2.24, 2.45) is 0 Å². The first-order chi connectivity index (χ1) is 6.27. The number of anilines is 1. The van der Waals surface area contributed by atoms with E-state index in [2.05, 4.69) is 4.98 Å². The molecule has 0 saturated carbocycles. The number of aromatic nitrogens is 2. The van der Waals surface area contributed by atoms with Crippen LogP contribution < -0.4 is 5.73 Å². The Morgan fingerprint density at radius 2 is 2.08 bits per heavy atom. The molecule has 0 aliphatic heterocycles. The number of nitrogens with zero attached hydrogens (tertiary/aromatic N) is 2. The standard InChI is InChI=1S/C9H8FN3/c10-7-3-1-2-4-8(7)13-5-9(11)12-6-13/h1-6H,11H2. The lowest BCUT2D eigenvalue weighted by molar-refractivity contribution is 0.618. The van der Waals surface area contributed by atoms with Gasteiger partial charge in [0.25, 0.3) is 0 Å². The van der Waals surface area contributed by atoms with Crippen LogP contribution in [0.5, 0.6) is 0 Å². The van der Waals surface area contributed by atoms with Crippen LogP contribution in [0.15, 0.2) is 36.8 Å². The van der Waals surface area contributed by atoms with Crippen molar-refractivity contribution in [3.63, 3.8) is 0 Å². The van der Waals surface area contributed by atoms with Gasteiger partial charge in [-0.1, -0.05) is 12.1 Å². The molecule has 2 N–H and O–H groups in total. The molecule has 2 aromatic rings. The Labute approximate surface area is 74.6 Å². The van der Waals surface area contributed by atoms with E-state index < -0.39 is 0 Å². The van der Waals surface area contributed by atoms with E-state index in [0.717, 1.165) is 0 Å². The van der Waals surface area contributed by atoms with Crippen molar-refractivity contribution in [1.29, 1.82) is 0 Å². The van der Waals surface area contributed by atoms with Crippen LogP contribution in [-0.4, -0.2) is 9.55 Å². The number of para-hydroxylation sites is 1. The van der Waals surface area contributed by atoms with Crippen LogP contribution in [0.3, 0.4) is 0 Å². The number of halogens is 1. The van der Waals surface area contributed by atoms with E-state index >= 15 is 0 Å². The predicted octanol–water partition coefficient (Wildman–Crippen LogP) is 1.59. The highest BCUT2D eigenvalue weighted by molar-refractivity contribution is 5.37. The highest BCUT2D eigenvalue weighted by Gasteiger charge is 2.02. The third-order valence-electron chi connectivity index (χ3n) is 1.73. The molecule has 4 heteroatoms. The van der Waals surface area contributed by atoms with E-state index in [-0.39, 0.29) is 5.82 Å². The Morgan fingerprint density at radius 3 is 2.69 bits per heavy atom. The summed E-state index contributed by atoms with van der Waals surface area (Å²) >= 11 is 0. The smallest absolute Gasteiger partial charge is 0.147 e. The lowest BCUT2D eigenvalue weighted by Gasteiger charge is -2.01. The third kappa shape index (κ3) is 1.38. The number of hydrogen-bond donors (Lipinski definition) is 1. The van der Waals surface area contributed by atoms with E-state index in [0.29, 0.717) is 11.5 Å². The van der Waals surface area contributed by atoms with E-state index in [1.165, 1.54) is 12.4 Å². The zero-order chi connectivity index (χ0) is 9.26. The van der Waals surface area contributed by atoms with Crippen molar-refractivity contribution in [3.8, 4) is 5.69 Å². The molecule has 13 heavy (non-hydrogen) atoms. The number of nitrogens with two attached hydrogens (primary N) is 1. The molecule has 0 spiro atoms. The molecule has 2 rings (SSSR count). The maximum atomic E-state index is 13.2. The second kappa shape index (κ2) is 2.90. The molecule has 0 atom stereocenters. The van der Waals surface area contributed by atoms with Crippen LogP contribution in [0.25, 0.3) is 5.69 Å². The number of nitrogen functional groups attached to an aromatic ring is 1. The van der Waals surface area contributed by atoms with Gasteiger partial charge in [0.2, 0.25) is 0 Å². The Kier molecular flexibility index (Phi) is 1.73. The molecule has 0 aliphatic rings. The van der Waals surface area contributed by atoms with Gasteiger partial charge < -0.3 is 10.3 Å². The van der Waals surface area contributed by atoms with Gasteiger partial charge >= 0.3 is 0 Å². The zero-order valence-electron chi connectivity index (χ0n) is 6.81. The van der Waals surface area contributed by atoms with Gasteiger partial charge in [0, 0.05) is 0 Å². The number of hydrogen-bond acceptors (Lipinski definition) is 2. The summed E-state index contributed by atoms with van der Waals surface area (Å²) in [7, 11) is 0. The average Bonchev–Trinajstić information content (AvgIpc) is 2.53. The van der Waals surface area contributed by atoms with E-state index in [4.69, 9.17) is 5.73 Å². The molecule has 1 heterocycles. The predicted molar refractivity (Wildman–Crippen MR) is 47.9 cm³/mol. The third-order valence-corrected chi connectivity index (χ3v) is 1.73. The van der Waals surface area contributed by atoms with Gasteiger partial charge in [-0.25, -0.2) is 9.37 Å². The summed E-state index contributed by atoms with van der Waals surface area (Å²) in [6.07, 6.45) is 3.05. The van der Waals surface area contributed by atoms with Crippen LogP contribution in [0.2, 0.25) is 0 Å². The molecule has 0 aliphatic carbocycles. The Balaban J connectivity index is 2.52. The van der Waals surface area contributed by atoms with Gasteiger partial charge in [-0.2, -0.15) is 0 Å². The summed E-state index contributed by atoms with van der Waals surface area (Å²) in [5, 5.41) is 0. The minimum absolute atomic E-state index is 0.292. The van der Waals surface area contributed by atoms with Gasteiger partial charge in [0.1, 0.15) is 18.0 Å². The lowest BCUT2D eigenvalue weighted by atomic mass is 10.3. The monoisotopic (exact) mass is 177 g/mol. The van der Waals surface area contributed by atoms with Gasteiger partial charge in [0.05, 0.1) is 11.9 Å². The van der Waals surface area contributed by atoms with Crippen molar-refractivity contribution in [2.75, 3.05) is 5.73 Å². The largest absolute Gasteiger partial charge is 0.382 e. The summed E-state index contributed by atoms with van der Waals surface area (Å²) < 4.78 is 14.7. The van der Waals surface area contributed by atoms with E-state index in [1.807, 2.05) is 0 Å². The molecule has 0 unspecified atom stereocenters. The second-order valence-corrected chi connectivity index (χ2v) is 2.66. The van der Waals surface area contributed by atoms with Crippen molar-refractivity contribution >= 4 is 5.82 Å². The number of benzene rings is 1. The fourth-order valence-corrected chi connectivity index (χ4v) is 1.13. The van der Waals surface area contributed by atoms with Crippen molar-refractivity contribution in [1.82, 2.24) is 9.55 Å². The van der Waals surface area contributed by atoms with E-state index in [1.54, 1.807) is 29.0 Å². The molecule has 0 saturated heterocycles. The van der Waals surface area contributed by atoms with Crippen LogP contribution in [0, 0.1) is 5.82 Å². The fourth-order valence-electron chi connectivity index (χ4n) is 1.13. The summed E-state index contributed by atoms with van der Waals surface area (Å²) in [6.45, 7) is 0. The van der Waals surface area contributed by atoms with Crippen LogP contribution in [-0.2, 0) is 0 Å². The summed E-state index contributed by atoms with van der Waals surface area (Å²) in [4.78, 5) is 3.81. The number of rotatable bonds is 1. The highest BCUT2D eigenvalue weighted by atomic mass is 19.1. The van der Waals surface area contributed by atoms with Gasteiger partial charge in [0.15, 0.2) is 0 Å². The Hall–Kier alpha value is -1.84. The van der Waals surface area contributed by atoms with Crippen molar-refractivity contribution < 1.29 is 4.39 Å². The van der Waals surface area contributed by atoms with Gasteiger partial charge in [-0.15, -0.1) is 0 Å². The van der Waals surface area contributed by atoms with Crippen LogP contribution >= 0.6 is 0 Å². The highest BCUT2D eigenvalue weighted by Crippen LogP contribution is 2.13. The molecule has 1 aromatic carbocycles. The first-order valence-electron chi connectivity index (χ1n) is 3.82. The molecule has 1 aromatic heterocycles. The fraction of sp³-hybridized carbons (Fsp3) is 0. The molecular formula is C9H8FN3. The first kappa shape index (κ1) is 7.79. The molecular weight excluding hydrogens is 169 g/mol. The SMILES string of the molecule is Nc1cn(-c2ccccc2F)cn1. The molecule has 0 radical (unpaired) electrons. The molecule has 0 amide bonds. The van der Waals surface area contributed by atoms with Crippen LogP contribution in [0.4, 0.5) is 10.2 Å². The van der Waals surface area contributed by atoms with Crippen molar-refractivity contribution in [3.05, 3.63) is 42.6 Å². The lowest BCUT2D eigenvalue weighted by Crippen LogP contribution is -1.93. The first-order valence-corrected chi connectivity index (χ1v) is 3.82. The molecule has 0 fully saturated rings. The summed E-state index contributed by atoms with van der Waals surface area (Å²) in [6, 6.07) is 6.45. The molecule has 0 bridgehead atoms. The zero-order valence-corrected chi connectivity index (χ0v) is 6.81. The van der Waals surface area contributed by atoms with Crippen molar-refractivity contribution in [2.45, 2.75) is 0 Å². The maximum absolute atomic E-state index is 13.2. The number of imidazole rings is 1. The molecule has 3 nitrogen and oxygen atoms in total. The summed E-state index contributed by atoms with van der Waals surface area (Å²) in [5.74, 6) is 0.0863. The van der Waals surface area contributed by atoms with Crippen LogP contribution in [0.1, 0.15) is 0 Å². The minimum Gasteiger partial charge on any atom is -0.382 e. The maximum Gasteiger partial charge on any atom is 0.147 e. The Morgan fingerprint density at radius 1 is 1.31 bits per heavy atom. The second-order valence-electron chi connectivity index (χ2n) is 2.66. The average molecular weight is 177 g/mol. The summed E-state index contributed by atoms with van der Waals surface area (Å²) in [5.41, 5.74) is 5.86. The Bertz CT molecular complexity index is 422. The minimum atomic E-state index is -0.292. The topological polar surface area (TPSA) is 43.8 Å². The van der Waals surface area contributed by atoms with E-state index in [9.17, 15) is 4.39 Å². The molecule has 66 valence electrons. The quantitative estimate of drug-likeness (QED) is 0.718.